The van der Waals surface area contributed by atoms with Crippen LogP contribution in [0.1, 0.15) is 13.3 Å². The maximum Gasteiger partial charge on any atom is 0.235 e. The van der Waals surface area contributed by atoms with Crippen molar-refractivity contribution in [1.82, 2.24) is 20.7 Å². The Morgan fingerprint density at radius 3 is 2.53 bits per heavy atom. The van der Waals surface area contributed by atoms with Crippen LogP contribution in [-0.2, 0) is 4.79 Å². The van der Waals surface area contributed by atoms with Crippen LogP contribution in [-0.4, -0.2) is 62.1 Å². The highest BCUT2D eigenvalue weighted by Crippen LogP contribution is 1.94. The average Bonchev–Trinajstić information content (AvgIpc) is 2.25. The molecule has 1 fully saturated rings. The van der Waals surface area contributed by atoms with Crippen molar-refractivity contribution in [3.05, 3.63) is 0 Å². The second kappa shape index (κ2) is 6.76. The number of rotatable bonds is 5. The van der Waals surface area contributed by atoms with Crippen LogP contribution in [0.4, 0.5) is 0 Å². The number of hydrazine groups is 1. The fourth-order valence-electron chi connectivity index (χ4n) is 1.48. The summed E-state index contributed by atoms with van der Waals surface area (Å²) in [4.78, 5) is 13.6. The maximum atomic E-state index is 11.3. The molecule has 1 heterocycles. The van der Waals surface area contributed by atoms with Crippen molar-refractivity contribution < 1.29 is 4.79 Å². The number of carbonyl (C=O) groups is 1. The Labute approximate surface area is 91.8 Å². The van der Waals surface area contributed by atoms with Gasteiger partial charge in [-0.05, 0) is 13.5 Å². The van der Waals surface area contributed by atoms with Gasteiger partial charge in [0.2, 0.25) is 5.91 Å². The van der Waals surface area contributed by atoms with E-state index in [0.717, 1.165) is 39.1 Å². The molecule has 1 saturated heterocycles. The van der Waals surface area contributed by atoms with E-state index in [-0.39, 0.29) is 5.91 Å². The highest BCUT2D eigenvalue weighted by Gasteiger charge is 2.13. The summed E-state index contributed by atoms with van der Waals surface area (Å²) >= 11 is 0. The zero-order valence-electron chi connectivity index (χ0n) is 9.75. The SMILES string of the molecule is CCCNC(=O)CNN1CCN(C)CC1. The number of hydrogen-bond donors (Lipinski definition) is 2. The number of amides is 1. The number of piperazine rings is 1. The zero-order chi connectivity index (χ0) is 11.1. The van der Waals surface area contributed by atoms with E-state index in [9.17, 15) is 4.79 Å². The standard InChI is InChI=1S/C10H22N4O/c1-3-4-11-10(15)9-12-14-7-5-13(2)6-8-14/h12H,3-9H2,1-2H3,(H,11,15). The molecular formula is C10H22N4O. The van der Waals surface area contributed by atoms with Gasteiger partial charge in [-0.1, -0.05) is 6.92 Å². The van der Waals surface area contributed by atoms with Gasteiger partial charge in [0.15, 0.2) is 0 Å². The minimum Gasteiger partial charge on any atom is -0.355 e. The van der Waals surface area contributed by atoms with E-state index in [4.69, 9.17) is 0 Å². The van der Waals surface area contributed by atoms with Crippen LogP contribution in [0.3, 0.4) is 0 Å². The van der Waals surface area contributed by atoms with Crippen LogP contribution in [0.2, 0.25) is 0 Å². The summed E-state index contributed by atoms with van der Waals surface area (Å²) < 4.78 is 0. The Hall–Kier alpha value is -0.650. The van der Waals surface area contributed by atoms with Gasteiger partial charge >= 0.3 is 0 Å². The lowest BCUT2D eigenvalue weighted by atomic mass is 10.4. The molecule has 1 amide bonds. The summed E-state index contributed by atoms with van der Waals surface area (Å²) in [6, 6.07) is 0. The molecule has 0 aliphatic carbocycles. The number of nitrogens with zero attached hydrogens (tertiary/aromatic N) is 2. The summed E-state index contributed by atoms with van der Waals surface area (Å²) in [7, 11) is 2.12. The molecule has 0 saturated carbocycles. The fourth-order valence-corrected chi connectivity index (χ4v) is 1.48. The third kappa shape index (κ3) is 5.11. The van der Waals surface area contributed by atoms with Crippen LogP contribution in [0.5, 0.6) is 0 Å². The molecule has 15 heavy (non-hydrogen) atoms. The first-order valence-electron chi connectivity index (χ1n) is 5.66. The minimum absolute atomic E-state index is 0.0794. The van der Waals surface area contributed by atoms with Gasteiger partial charge in [-0.2, -0.15) is 0 Å². The van der Waals surface area contributed by atoms with Crippen molar-refractivity contribution in [2.75, 3.05) is 46.3 Å². The lowest BCUT2D eigenvalue weighted by Gasteiger charge is -2.32. The zero-order valence-corrected chi connectivity index (χ0v) is 9.75. The van der Waals surface area contributed by atoms with Crippen molar-refractivity contribution in [3.63, 3.8) is 0 Å². The molecule has 88 valence electrons. The molecule has 0 bridgehead atoms. The lowest BCUT2D eigenvalue weighted by Crippen LogP contribution is -2.52. The number of nitrogens with one attached hydrogen (secondary N) is 2. The summed E-state index contributed by atoms with van der Waals surface area (Å²) in [5, 5.41) is 4.96. The average molecular weight is 214 g/mol. The molecule has 0 radical (unpaired) electrons. The third-order valence-corrected chi connectivity index (χ3v) is 2.54. The number of likely N-dealkylation sites (N-methyl/N-ethyl adjacent to an activating group) is 1. The topological polar surface area (TPSA) is 47.6 Å². The first-order chi connectivity index (χ1) is 7.22. The molecule has 1 aliphatic rings. The van der Waals surface area contributed by atoms with Crippen molar-refractivity contribution in [2.24, 2.45) is 0 Å². The highest BCUT2D eigenvalue weighted by atomic mass is 16.2. The second-order valence-corrected chi connectivity index (χ2v) is 3.98. The Balaban J connectivity index is 2.06. The molecule has 0 aromatic heterocycles. The first-order valence-corrected chi connectivity index (χ1v) is 5.66. The minimum atomic E-state index is 0.0794. The smallest absolute Gasteiger partial charge is 0.235 e. The van der Waals surface area contributed by atoms with E-state index in [0.29, 0.717) is 6.54 Å². The van der Waals surface area contributed by atoms with Crippen molar-refractivity contribution in [2.45, 2.75) is 13.3 Å². The largest absolute Gasteiger partial charge is 0.355 e. The van der Waals surface area contributed by atoms with Crippen LogP contribution in [0.15, 0.2) is 0 Å². The van der Waals surface area contributed by atoms with Gasteiger partial charge < -0.3 is 10.2 Å². The van der Waals surface area contributed by atoms with Crippen LogP contribution in [0, 0.1) is 0 Å². The Morgan fingerprint density at radius 2 is 1.93 bits per heavy atom. The quantitative estimate of drug-likeness (QED) is 0.633. The second-order valence-electron chi connectivity index (χ2n) is 3.98. The van der Waals surface area contributed by atoms with Crippen LogP contribution >= 0.6 is 0 Å². The molecule has 0 unspecified atom stereocenters. The van der Waals surface area contributed by atoms with Gasteiger partial charge in [0.05, 0.1) is 6.54 Å². The van der Waals surface area contributed by atoms with Crippen molar-refractivity contribution >= 4 is 5.91 Å². The molecule has 5 heteroatoms. The Bertz CT molecular complexity index is 190. The number of hydrogen-bond acceptors (Lipinski definition) is 4. The Kier molecular flexibility index (Phi) is 5.60. The van der Waals surface area contributed by atoms with E-state index in [1.54, 1.807) is 0 Å². The van der Waals surface area contributed by atoms with Crippen molar-refractivity contribution in [1.29, 1.82) is 0 Å². The van der Waals surface area contributed by atoms with E-state index >= 15 is 0 Å². The predicted octanol–water partition coefficient (Wildman–Crippen LogP) is -0.735. The molecule has 2 N–H and O–H groups in total. The highest BCUT2D eigenvalue weighted by molar-refractivity contribution is 5.77. The molecule has 5 nitrogen and oxygen atoms in total. The summed E-state index contributed by atoms with van der Waals surface area (Å²) in [6.45, 7) is 7.30. The van der Waals surface area contributed by atoms with Gasteiger partial charge in [-0.15, -0.1) is 0 Å². The Morgan fingerprint density at radius 1 is 1.27 bits per heavy atom. The predicted molar refractivity (Wildman–Crippen MR) is 60.4 cm³/mol. The third-order valence-electron chi connectivity index (χ3n) is 2.54. The summed E-state index contributed by atoms with van der Waals surface area (Å²) in [5.74, 6) is 0.0794. The maximum absolute atomic E-state index is 11.3. The van der Waals surface area contributed by atoms with E-state index < -0.39 is 0 Å². The summed E-state index contributed by atoms with van der Waals surface area (Å²) in [5.41, 5.74) is 3.15. The van der Waals surface area contributed by atoms with Gasteiger partial charge in [0.1, 0.15) is 0 Å². The lowest BCUT2D eigenvalue weighted by molar-refractivity contribution is -0.121. The molecule has 0 aromatic carbocycles. The van der Waals surface area contributed by atoms with Crippen molar-refractivity contribution in [3.8, 4) is 0 Å². The molecular weight excluding hydrogens is 192 g/mol. The van der Waals surface area contributed by atoms with Gasteiger partial charge in [0, 0.05) is 32.7 Å². The van der Waals surface area contributed by atoms with Crippen LogP contribution < -0.4 is 10.7 Å². The summed E-state index contributed by atoms with van der Waals surface area (Å²) in [6.07, 6.45) is 0.986. The monoisotopic (exact) mass is 214 g/mol. The van der Waals surface area contributed by atoms with Gasteiger partial charge in [-0.25, -0.2) is 10.4 Å². The van der Waals surface area contributed by atoms with Gasteiger partial charge in [0.25, 0.3) is 0 Å². The number of carbonyl (C=O) groups excluding carboxylic acids is 1. The van der Waals surface area contributed by atoms with E-state index in [1.165, 1.54) is 0 Å². The van der Waals surface area contributed by atoms with Crippen LogP contribution in [0.25, 0.3) is 0 Å². The van der Waals surface area contributed by atoms with E-state index in [1.807, 2.05) is 6.92 Å². The van der Waals surface area contributed by atoms with Gasteiger partial charge in [-0.3, -0.25) is 4.79 Å². The first kappa shape index (κ1) is 12.4. The fraction of sp³-hybridized carbons (Fsp3) is 0.900. The molecule has 1 rings (SSSR count). The molecule has 0 aromatic rings. The molecule has 1 aliphatic heterocycles. The van der Waals surface area contributed by atoms with E-state index in [2.05, 4.69) is 27.7 Å². The normalized spacial score (nSPS) is 19.1. The molecule has 0 spiro atoms. The molecule has 0 atom stereocenters.